The zero-order chi connectivity index (χ0) is 17.9. The van der Waals surface area contributed by atoms with Crippen molar-refractivity contribution in [2.24, 2.45) is 0 Å². The minimum absolute atomic E-state index is 0.0793. The van der Waals surface area contributed by atoms with Gasteiger partial charge in [-0.2, -0.15) is 0 Å². The van der Waals surface area contributed by atoms with Gasteiger partial charge in [-0.1, -0.05) is 0 Å². The number of aromatic amines is 1. The highest BCUT2D eigenvalue weighted by molar-refractivity contribution is 5.81. The van der Waals surface area contributed by atoms with Crippen LogP contribution in [0.15, 0.2) is 36.7 Å². The summed E-state index contributed by atoms with van der Waals surface area (Å²) < 4.78 is 11.3. The van der Waals surface area contributed by atoms with Crippen LogP contribution in [0.5, 0.6) is 5.75 Å². The van der Waals surface area contributed by atoms with Crippen LogP contribution in [0.3, 0.4) is 0 Å². The molecule has 0 unspecified atom stereocenters. The molecule has 0 spiro atoms. The van der Waals surface area contributed by atoms with E-state index in [9.17, 15) is 0 Å². The molecule has 0 radical (unpaired) electrons. The second-order valence-corrected chi connectivity index (χ2v) is 6.38. The lowest BCUT2D eigenvalue weighted by atomic mass is 10.2. The molecule has 1 aliphatic heterocycles. The summed E-state index contributed by atoms with van der Waals surface area (Å²) >= 11 is 0. The molecule has 26 heavy (non-hydrogen) atoms. The number of methoxy groups -OCH3 is 1. The van der Waals surface area contributed by atoms with Gasteiger partial charge in [0, 0.05) is 55.7 Å². The van der Waals surface area contributed by atoms with Crippen LogP contribution in [-0.4, -0.2) is 53.7 Å². The molecular weight excluding hydrogens is 330 g/mol. The number of rotatable bonds is 5. The molecule has 1 fully saturated rings. The monoisotopic (exact) mass is 353 g/mol. The Bertz CT molecular complexity index is 895. The summed E-state index contributed by atoms with van der Waals surface area (Å²) in [4.78, 5) is 14.7. The summed E-state index contributed by atoms with van der Waals surface area (Å²) in [6.07, 6.45) is 3.32. The normalized spacial score (nSPS) is 18.2. The average Bonchev–Trinajstić information content (AvgIpc) is 3.09. The van der Waals surface area contributed by atoms with Gasteiger partial charge >= 0.3 is 0 Å². The molecule has 136 valence electrons. The van der Waals surface area contributed by atoms with Crippen LogP contribution < -0.4 is 10.1 Å². The van der Waals surface area contributed by atoms with Gasteiger partial charge in [-0.3, -0.25) is 9.88 Å². The molecule has 0 saturated carbocycles. The maximum absolute atomic E-state index is 5.95. The van der Waals surface area contributed by atoms with Crippen LogP contribution in [0.25, 0.3) is 10.9 Å². The van der Waals surface area contributed by atoms with E-state index in [-0.39, 0.29) is 6.10 Å². The summed E-state index contributed by atoms with van der Waals surface area (Å²) in [5, 5.41) is 4.26. The lowest BCUT2D eigenvalue weighted by Crippen LogP contribution is -2.38. The zero-order valence-corrected chi connectivity index (χ0v) is 15.0. The first kappa shape index (κ1) is 16.8. The Hall–Kier alpha value is -2.64. The van der Waals surface area contributed by atoms with Gasteiger partial charge in [-0.15, -0.1) is 0 Å². The third kappa shape index (κ3) is 3.36. The van der Waals surface area contributed by atoms with Crippen molar-refractivity contribution in [1.29, 1.82) is 0 Å². The van der Waals surface area contributed by atoms with Crippen LogP contribution in [0.2, 0.25) is 0 Å². The minimum atomic E-state index is -0.0793. The second-order valence-electron chi connectivity index (χ2n) is 6.38. The van der Waals surface area contributed by atoms with Gasteiger partial charge in [-0.05, 0) is 24.3 Å². The molecule has 2 aromatic heterocycles. The molecule has 0 amide bonds. The Morgan fingerprint density at radius 1 is 1.31 bits per heavy atom. The number of ether oxygens (including phenoxy) is 2. The fourth-order valence-corrected chi connectivity index (χ4v) is 3.41. The first-order valence-corrected chi connectivity index (χ1v) is 8.75. The number of aromatic nitrogens is 3. The Kier molecular flexibility index (Phi) is 4.73. The molecular formula is C19H23N5O2. The second kappa shape index (κ2) is 7.31. The van der Waals surface area contributed by atoms with E-state index in [1.54, 1.807) is 19.5 Å². The third-order valence-electron chi connectivity index (χ3n) is 4.70. The molecule has 1 atom stereocenters. The molecule has 7 heteroatoms. The summed E-state index contributed by atoms with van der Waals surface area (Å²) in [5.41, 5.74) is 3.17. The summed E-state index contributed by atoms with van der Waals surface area (Å²) in [5.74, 6) is 1.65. The highest BCUT2D eigenvalue weighted by Crippen LogP contribution is 2.27. The average molecular weight is 353 g/mol. The molecule has 7 nitrogen and oxygen atoms in total. The lowest BCUT2D eigenvalue weighted by molar-refractivity contribution is -0.0350. The zero-order valence-electron chi connectivity index (χ0n) is 15.0. The van der Waals surface area contributed by atoms with Gasteiger partial charge in [-0.25, -0.2) is 4.98 Å². The molecule has 1 aromatic carbocycles. The van der Waals surface area contributed by atoms with Crippen molar-refractivity contribution in [2.75, 3.05) is 39.2 Å². The van der Waals surface area contributed by atoms with Gasteiger partial charge in [0.05, 0.1) is 13.7 Å². The largest absolute Gasteiger partial charge is 0.497 e. The predicted molar refractivity (Wildman–Crippen MR) is 100 cm³/mol. The Labute approximate surface area is 152 Å². The van der Waals surface area contributed by atoms with Crippen molar-refractivity contribution in [3.05, 3.63) is 48.0 Å². The maximum Gasteiger partial charge on any atom is 0.150 e. The number of benzene rings is 1. The number of anilines is 1. The highest BCUT2D eigenvalue weighted by atomic mass is 16.5. The van der Waals surface area contributed by atoms with Crippen molar-refractivity contribution in [3.63, 3.8) is 0 Å². The molecule has 0 bridgehead atoms. The van der Waals surface area contributed by atoms with Gasteiger partial charge in [0.25, 0.3) is 0 Å². The van der Waals surface area contributed by atoms with E-state index < -0.39 is 0 Å². The molecule has 3 aromatic rings. The highest BCUT2D eigenvalue weighted by Gasteiger charge is 2.25. The van der Waals surface area contributed by atoms with Crippen molar-refractivity contribution in [2.45, 2.75) is 12.6 Å². The SMILES string of the molecule is CNc1nccnc1[C@H]1CN(Cc2cc3cc(OC)ccc3[nH]2)CCO1. The van der Waals surface area contributed by atoms with Crippen molar-refractivity contribution in [1.82, 2.24) is 19.9 Å². The predicted octanol–water partition coefficient (Wildman–Crippen LogP) is 2.58. The quantitative estimate of drug-likeness (QED) is 0.734. The van der Waals surface area contributed by atoms with Gasteiger partial charge in [0.1, 0.15) is 23.4 Å². The van der Waals surface area contributed by atoms with E-state index in [0.29, 0.717) is 6.61 Å². The van der Waals surface area contributed by atoms with Crippen LogP contribution >= 0.6 is 0 Å². The standard InChI is InChI=1S/C19H23N5O2/c1-20-19-18(21-5-6-22-19)17-12-24(7-8-26-17)11-14-9-13-10-15(25-2)3-4-16(13)23-14/h3-6,9-10,17,23H,7-8,11-12H2,1-2H3,(H,20,22)/t17-/m1/s1. The summed E-state index contributed by atoms with van der Waals surface area (Å²) in [6, 6.07) is 8.26. The van der Waals surface area contributed by atoms with Gasteiger partial charge < -0.3 is 19.8 Å². The van der Waals surface area contributed by atoms with E-state index in [1.807, 2.05) is 13.1 Å². The molecule has 4 rings (SSSR count). The summed E-state index contributed by atoms with van der Waals surface area (Å²) in [6.45, 7) is 3.20. The van der Waals surface area contributed by atoms with Crippen LogP contribution in [0.4, 0.5) is 5.82 Å². The third-order valence-corrected chi connectivity index (χ3v) is 4.70. The number of fused-ring (bicyclic) bond motifs is 1. The number of hydrogen-bond donors (Lipinski definition) is 2. The first-order chi connectivity index (χ1) is 12.8. The Morgan fingerprint density at radius 2 is 2.19 bits per heavy atom. The van der Waals surface area contributed by atoms with Crippen molar-refractivity contribution in [3.8, 4) is 5.75 Å². The number of morpholine rings is 1. The van der Waals surface area contributed by atoms with E-state index in [4.69, 9.17) is 9.47 Å². The van der Waals surface area contributed by atoms with Crippen LogP contribution in [-0.2, 0) is 11.3 Å². The van der Waals surface area contributed by atoms with E-state index in [2.05, 4.69) is 43.4 Å². The number of hydrogen-bond acceptors (Lipinski definition) is 6. The maximum atomic E-state index is 5.95. The van der Waals surface area contributed by atoms with E-state index in [1.165, 1.54) is 5.69 Å². The fourth-order valence-electron chi connectivity index (χ4n) is 3.41. The Balaban J connectivity index is 1.50. The van der Waals surface area contributed by atoms with E-state index in [0.717, 1.165) is 47.8 Å². The number of H-pyrrole nitrogens is 1. The minimum Gasteiger partial charge on any atom is -0.497 e. The first-order valence-electron chi connectivity index (χ1n) is 8.75. The lowest BCUT2D eigenvalue weighted by Gasteiger charge is -2.32. The topological polar surface area (TPSA) is 75.3 Å². The number of nitrogens with one attached hydrogen (secondary N) is 2. The van der Waals surface area contributed by atoms with Crippen molar-refractivity contribution >= 4 is 16.7 Å². The summed E-state index contributed by atoms with van der Waals surface area (Å²) in [7, 11) is 3.54. The van der Waals surface area contributed by atoms with Crippen molar-refractivity contribution < 1.29 is 9.47 Å². The fraction of sp³-hybridized carbons (Fsp3) is 0.368. The van der Waals surface area contributed by atoms with E-state index >= 15 is 0 Å². The smallest absolute Gasteiger partial charge is 0.150 e. The van der Waals surface area contributed by atoms with Gasteiger partial charge in [0.2, 0.25) is 0 Å². The van der Waals surface area contributed by atoms with Gasteiger partial charge in [0.15, 0.2) is 0 Å². The molecule has 3 heterocycles. The molecule has 2 N–H and O–H groups in total. The molecule has 1 saturated heterocycles. The van der Waals surface area contributed by atoms with Crippen LogP contribution in [0.1, 0.15) is 17.5 Å². The number of nitrogens with zero attached hydrogens (tertiary/aromatic N) is 3. The Morgan fingerprint density at radius 3 is 3.04 bits per heavy atom. The molecule has 0 aliphatic carbocycles. The molecule has 1 aliphatic rings. The van der Waals surface area contributed by atoms with Crippen LogP contribution in [0, 0.1) is 0 Å².